The van der Waals surface area contributed by atoms with Gasteiger partial charge in [0.05, 0.1) is 13.2 Å². The van der Waals surface area contributed by atoms with Crippen LogP contribution in [-0.4, -0.2) is 68.4 Å². The SMILES string of the molecule is C[C@@]1(Cc2ccc3c(c2)OCO3)CCC(=O)N(CCCN2CCOCC2)C1. The third kappa shape index (κ3) is 4.55. The van der Waals surface area contributed by atoms with Gasteiger partial charge in [0.15, 0.2) is 11.5 Å². The monoisotopic (exact) mass is 374 g/mol. The third-order valence-electron chi connectivity index (χ3n) is 5.94. The maximum atomic E-state index is 12.4. The first-order valence-corrected chi connectivity index (χ1v) is 10.1. The predicted octanol–water partition coefficient (Wildman–Crippen LogP) is 2.31. The van der Waals surface area contributed by atoms with Crippen molar-refractivity contribution in [1.29, 1.82) is 0 Å². The molecule has 2 fully saturated rings. The molecule has 2 saturated heterocycles. The van der Waals surface area contributed by atoms with Gasteiger partial charge in [0.1, 0.15) is 0 Å². The number of fused-ring (bicyclic) bond motifs is 1. The van der Waals surface area contributed by atoms with E-state index >= 15 is 0 Å². The number of likely N-dealkylation sites (tertiary alicyclic amines) is 1. The Hall–Kier alpha value is -1.79. The average molecular weight is 374 g/mol. The predicted molar refractivity (Wildman–Crippen MR) is 102 cm³/mol. The molecular formula is C21H30N2O4. The standard InChI is InChI=1S/C21H30N2O4/c1-21(14-17-3-4-18-19(13-17)27-16-26-18)6-5-20(24)23(15-21)8-2-7-22-9-11-25-12-10-22/h3-4,13H,2,5-12,14-16H2,1H3/t21-/m0/s1. The molecular weight excluding hydrogens is 344 g/mol. The Morgan fingerprint density at radius 3 is 2.78 bits per heavy atom. The minimum atomic E-state index is 0.112. The second-order valence-electron chi connectivity index (χ2n) is 8.30. The van der Waals surface area contributed by atoms with E-state index in [9.17, 15) is 4.79 Å². The van der Waals surface area contributed by atoms with Crippen LogP contribution in [0.1, 0.15) is 31.7 Å². The van der Waals surface area contributed by atoms with Crippen molar-refractivity contribution < 1.29 is 19.0 Å². The number of rotatable bonds is 6. The highest BCUT2D eigenvalue weighted by Gasteiger charge is 2.35. The molecule has 0 aliphatic carbocycles. The van der Waals surface area contributed by atoms with E-state index in [4.69, 9.17) is 14.2 Å². The highest BCUT2D eigenvalue weighted by molar-refractivity contribution is 5.77. The van der Waals surface area contributed by atoms with Gasteiger partial charge < -0.3 is 19.1 Å². The molecule has 6 heteroatoms. The summed E-state index contributed by atoms with van der Waals surface area (Å²) in [5.41, 5.74) is 1.37. The van der Waals surface area contributed by atoms with Gasteiger partial charge >= 0.3 is 0 Å². The van der Waals surface area contributed by atoms with E-state index in [2.05, 4.69) is 28.9 Å². The first kappa shape index (κ1) is 18.6. The zero-order valence-electron chi connectivity index (χ0n) is 16.2. The number of nitrogens with zero attached hydrogens (tertiary/aromatic N) is 2. The Morgan fingerprint density at radius 1 is 1.11 bits per heavy atom. The molecule has 0 saturated carbocycles. The zero-order valence-corrected chi connectivity index (χ0v) is 16.2. The Bertz CT molecular complexity index is 674. The largest absolute Gasteiger partial charge is 0.454 e. The molecule has 0 aromatic heterocycles. The lowest BCUT2D eigenvalue weighted by atomic mass is 9.76. The molecule has 148 valence electrons. The number of morpholine rings is 1. The highest BCUT2D eigenvalue weighted by Crippen LogP contribution is 2.37. The second-order valence-corrected chi connectivity index (χ2v) is 8.30. The maximum absolute atomic E-state index is 12.4. The van der Waals surface area contributed by atoms with Crippen molar-refractivity contribution in [3.8, 4) is 11.5 Å². The molecule has 6 nitrogen and oxygen atoms in total. The molecule has 0 N–H and O–H groups in total. The molecule has 27 heavy (non-hydrogen) atoms. The van der Waals surface area contributed by atoms with Gasteiger partial charge in [-0.05, 0) is 42.4 Å². The smallest absolute Gasteiger partial charge is 0.231 e. The number of hydrogen-bond acceptors (Lipinski definition) is 5. The van der Waals surface area contributed by atoms with Crippen molar-refractivity contribution in [1.82, 2.24) is 9.80 Å². The summed E-state index contributed by atoms with van der Waals surface area (Å²) in [6, 6.07) is 6.21. The Labute approximate surface area is 161 Å². The van der Waals surface area contributed by atoms with Crippen molar-refractivity contribution in [2.75, 3.05) is 52.7 Å². The number of hydrogen-bond donors (Lipinski definition) is 0. The van der Waals surface area contributed by atoms with Gasteiger partial charge in [-0.2, -0.15) is 0 Å². The summed E-state index contributed by atoms with van der Waals surface area (Å²) in [6.07, 6.45) is 3.58. The summed E-state index contributed by atoms with van der Waals surface area (Å²) in [6.45, 7) is 9.03. The van der Waals surface area contributed by atoms with E-state index in [1.54, 1.807) is 0 Å². The minimum absolute atomic E-state index is 0.112. The van der Waals surface area contributed by atoms with Crippen LogP contribution in [0.5, 0.6) is 11.5 Å². The molecule has 0 bridgehead atoms. The van der Waals surface area contributed by atoms with Crippen LogP contribution < -0.4 is 9.47 Å². The molecule has 0 spiro atoms. The van der Waals surface area contributed by atoms with Crippen molar-refractivity contribution in [3.63, 3.8) is 0 Å². The van der Waals surface area contributed by atoms with Crippen LogP contribution in [0.4, 0.5) is 0 Å². The lowest BCUT2D eigenvalue weighted by Crippen LogP contribution is -2.47. The fraction of sp³-hybridized carbons (Fsp3) is 0.667. The maximum Gasteiger partial charge on any atom is 0.231 e. The number of ether oxygens (including phenoxy) is 3. The number of benzene rings is 1. The van der Waals surface area contributed by atoms with Crippen molar-refractivity contribution in [2.24, 2.45) is 5.41 Å². The molecule has 1 aromatic carbocycles. The Balaban J connectivity index is 1.32. The molecule has 1 amide bonds. The number of carbonyl (C=O) groups excluding carboxylic acids is 1. The topological polar surface area (TPSA) is 51.2 Å². The number of piperidine rings is 1. The quantitative estimate of drug-likeness (QED) is 0.765. The summed E-state index contributed by atoms with van der Waals surface area (Å²) in [7, 11) is 0. The first-order valence-electron chi connectivity index (χ1n) is 10.1. The summed E-state index contributed by atoms with van der Waals surface area (Å²) < 4.78 is 16.3. The van der Waals surface area contributed by atoms with Crippen LogP contribution in [0.25, 0.3) is 0 Å². The molecule has 4 rings (SSSR count). The van der Waals surface area contributed by atoms with Crippen molar-refractivity contribution in [2.45, 2.75) is 32.6 Å². The van der Waals surface area contributed by atoms with Gasteiger partial charge in [-0.3, -0.25) is 9.69 Å². The number of amides is 1. The van der Waals surface area contributed by atoms with Gasteiger partial charge in [-0.25, -0.2) is 0 Å². The van der Waals surface area contributed by atoms with Crippen LogP contribution in [0.2, 0.25) is 0 Å². The first-order chi connectivity index (χ1) is 13.1. The average Bonchev–Trinajstić information content (AvgIpc) is 3.13. The number of carbonyl (C=O) groups is 1. The van der Waals surface area contributed by atoms with E-state index in [-0.39, 0.29) is 5.41 Å². The summed E-state index contributed by atoms with van der Waals surface area (Å²) in [4.78, 5) is 16.9. The van der Waals surface area contributed by atoms with Crippen molar-refractivity contribution >= 4 is 5.91 Å². The van der Waals surface area contributed by atoms with Gasteiger partial charge in [-0.1, -0.05) is 13.0 Å². The van der Waals surface area contributed by atoms with Crippen molar-refractivity contribution in [3.05, 3.63) is 23.8 Å². The van der Waals surface area contributed by atoms with Gasteiger partial charge in [-0.15, -0.1) is 0 Å². The lowest BCUT2D eigenvalue weighted by molar-refractivity contribution is -0.137. The van der Waals surface area contributed by atoms with Gasteiger partial charge in [0, 0.05) is 39.1 Å². The van der Waals surface area contributed by atoms with Crippen LogP contribution >= 0.6 is 0 Å². The summed E-state index contributed by atoms with van der Waals surface area (Å²) in [5.74, 6) is 1.97. The Kier molecular flexibility index (Phi) is 5.55. The van der Waals surface area contributed by atoms with Gasteiger partial charge in [0.25, 0.3) is 0 Å². The fourth-order valence-corrected chi connectivity index (χ4v) is 4.40. The molecule has 0 radical (unpaired) electrons. The molecule has 1 aromatic rings. The third-order valence-corrected chi connectivity index (χ3v) is 5.94. The fourth-order valence-electron chi connectivity index (χ4n) is 4.40. The van der Waals surface area contributed by atoms with Crippen LogP contribution in [0.15, 0.2) is 18.2 Å². The van der Waals surface area contributed by atoms with E-state index in [1.807, 2.05) is 6.07 Å². The summed E-state index contributed by atoms with van der Waals surface area (Å²) >= 11 is 0. The lowest BCUT2D eigenvalue weighted by Gasteiger charge is -2.41. The van der Waals surface area contributed by atoms with Crippen LogP contribution in [0.3, 0.4) is 0 Å². The van der Waals surface area contributed by atoms with E-state index in [0.29, 0.717) is 19.1 Å². The van der Waals surface area contributed by atoms with Crippen LogP contribution in [0, 0.1) is 5.41 Å². The molecule has 1 atom stereocenters. The van der Waals surface area contributed by atoms with E-state index in [0.717, 1.165) is 76.7 Å². The zero-order chi connectivity index (χ0) is 18.7. The van der Waals surface area contributed by atoms with Gasteiger partial charge in [0.2, 0.25) is 12.7 Å². The van der Waals surface area contributed by atoms with E-state index in [1.165, 1.54) is 5.56 Å². The molecule has 0 unspecified atom stereocenters. The highest BCUT2D eigenvalue weighted by atomic mass is 16.7. The molecule has 3 heterocycles. The summed E-state index contributed by atoms with van der Waals surface area (Å²) in [5, 5.41) is 0. The normalized spacial score (nSPS) is 25.8. The molecule has 3 aliphatic rings. The minimum Gasteiger partial charge on any atom is -0.454 e. The Morgan fingerprint density at radius 2 is 1.93 bits per heavy atom. The van der Waals surface area contributed by atoms with Crippen LogP contribution in [-0.2, 0) is 16.0 Å². The van der Waals surface area contributed by atoms with E-state index < -0.39 is 0 Å². The second kappa shape index (κ2) is 8.07. The molecule has 3 aliphatic heterocycles.